The summed E-state index contributed by atoms with van der Waals surface area (Å²) < 4.78 is 41.4. The van der Waals surface area contributed by atoms with Crippen LogP contribution in [0, 0.1) is 0 Å². The smallest absolute Gasteiger partial charge is 0.264 e. The number of methoxy groups -OCH3 is 2. The van der Waals surface area contributed by atoms with Crippen LogP contribution in [-0.4, -0.2) is 58.0 Å². The largest absolute Gasteiger partial charge is 0.497 e. The second kappa shape index (κ2) is 16.2. The van der Waals surface area contributed by atoms with Gasteiger partial charge < -0.3 is 19.7 Å². The lowest BCUT2D eigenvalue weighted by atomic mass is 10.0. The molecular formula is C37H40BrN3O6S. The molecule has 1 aliphatic carbocycles. The van der Waals surface area contributed by atoms with Crippen LogP contribution in [0.1, 0.15) is 36.8 Å². The van der Waals surface area contributed by atoms with E-state index in [9.17, 15) is 18.0 Å². The summed E-state index contributed by atoms with van der Waals surface area (Å²) in [5.41, 5.74) is 1.86. The average molecular weight is 735 g/mol. The molecular weight excluding hydrogens is 694 g/mol. The predicted molar refractivity (Wildman–Crippen MR) is 190 cm³/mol. The van der Waals surface area contributed by atoms with Gasteiger partial charge in [0.05, 0.1) is 24.8 Å². The van der Waals surface area contributed by atoms with Gasteiger partial charge in [-0.15, -0.1) is 0 Å². The lowest BCUT2D eigenvalue weighted by molar-refractivity contribution is -0.140. The first-order chi connectivity index (χ1) is 23.2. The van der Waals surface area contributed by atoms with E-state index >= 15 is 0 Å². The Morgan fingerprint density at radius 1 is 0.854 bits per heavy atom. The van der Waals surface area contributed by atoms with Crippen molar-refractivity contribution >= 4 is 43.5 Å². The molecule has 48 heavy (non-hydrogen) atoms. The van der Waals surface area contributed by atoms with Gasteiger partial charge in [0, 0.05) is 23.5 Å². The van der Waals surface area contributed by atoms with Crippen LogP contribution in [0.3, 0.4) is 0 Å². The van der Waals surface area contributed by atoms with Crippen LogP contribution >= 0.6 is 15.9 Å². The van der Waals surface area contributed by atoms with Crippen LogP contribution < -0.4 is 19.1 Å². The highest BCUT2D eigenvalue weighted by molar-refractivity contribution is 9.10. The number of nitrogens with one attached hydrogen (secondary N) is 1. The quantitative estimate of drug-likeness (QED) is 0.162. The minimum atomic E-state index is -4.30. The van der Waals surface area contributed by atoms with Gasteiger partial charge in [-0.05, 0) is 72.5 Å². The third-order valence-electron chi connectivity index (χ3n) is 8.49. The van der Waals surface area contributed by atoms with E-state index in [-0.39, 0.29) is 41.2 Å². The zero-order valence-corrected chi connectivity index (χ0v) is 29.5. The second-order valence-electron chi connectivity index (χ2n) is 11.7. The van der Waals surface area contributed by atoms with Gasteiger partial charge in [0.15, 0.2) is 0 Å². The molecule has 0 bridgehead atoms. The molecule has 1 N–H and O–H groups in total. The van der Waals surface area contributed by atoms with Crippen molar-refractivity contribution in [2.75, 3.05) is 25.1 Å². The van der Waals surface area contributed by atoms with Gasteiger partial charge >= 0.3 is 0 Å². The zero-order chi connectivity index (χ0) is 34.1. The number of nitrogens with zero attached hydrogens (tertiary/aromatic N) is 2. The number of rotatable bonds is 14. The zero-order valence-electron chi connectivity index (χ0n) is 27.0. The number of hydrogen-bond acceptors (Lipinski definition) is 6. The molecule has 1 atom stereocenters. The summed E-state index contributed by atoms with van der Waals surface area (Å²) in [6.45, 7) is -0.499. The standard InChI is InChI=1S/C37H40BrN3O6S/c1-46-31-19-21-32(22-20-31)48(44,45)41(33-17-8-9-18-35(33)47-2)26-36(42)40(25-28-13-10-14-29(38)23-28)34(24-27-11-4-3-5-12-27)37(43)39-30-15-6-7-16-30/h3-5,8-14,17-23,30,34H,6-7,15-16,24-26H2,1-2H3,(H,39,43). The highest BCUT2D eigenvalue weighted by Crippen LogP contribution is 2.33. The van der Waals surface area contributed by atoms with E-state index in [1.165, 1.54) is 31.3 Å². The van der Waals surface area contributed by atoms with E-state index in [1.807, 2.05) is 54.6 Å². The van der Waals surface area contributed by atoms with Gasteiger partial charge in [-0.2, -0.15) is 0 Å². The average Bonchev–Trinajstić information content (AvgIpc) is 3.62. The first-order valence-electron chi connectivity index (χ1n) is 15.9. The predicted octanol–water partition coefficient (Wildman–Crippen LogP) is 6.36. The minimum Gasteiger partial charge on any atom is -0.497 e. The van der Waals surface area contributed by atoms with Crippen LogP contribution in [0.25, 0.3) is 0 Å². The molecule has 4 aromatic rings. The van der Waals surface area contributed by atoms with E-state index in [1.54, 1.807) is 36.4 Å². The monoisotopic (exact) mass is 733 g/mol. The number of carbonyl (C=O) groups is 2. The summed E-state index contributed by atoms with van der Waals surface area (Å²) in [5, 5.41) is 3.20. The van der Waals surface area contributed by atoms with Crippen molar-refractivity contribution in [2.45, 2.75) is 55.6 Å². The molecule has 4 aromatic carbocycles. The Balaban J connectivity index is 1.59. The Kier molecular flexibility index (Phi) is 11.8. The molecule has 2 amide bonds. The van der Waals surface area contributed by atoms with Gasteiger partial charge in [0.1, 0.15) is 24.1 Å². The fourth-order valence-electron chi connectivity index (χ4n) is 5.98. The Morgan fingerprint density at radius 2 is 1.52 bits per heavy atom. The summed E-state index contributed by atoms with van der Waals surface area (Å²) >= 11 is 3.52. The van der Waals surface area contributed by atoms with Crippen LogP contribution in [-0.2, 0) is 32.6 Å². The maximum atomic E-state index is 14.7. The third-order valence-corrected chi connectivity index (χ3v) is 10.8. The highest BCUT2D eigenvalue weighted by atomic mass is 79.9. The molecule has 1 saturated carbocycles. The van der Waals surface area contributed by atoms with Crippen molar-refractivity contribution in [3.8, 4) is 11.5 Å². The molecule has 1 fully saturated rings. The number of benzene rings is 4. The maximum absolute atomic E-state index is 14.7. The van der Waals surface area contributed by atoms with Gasteiger partial charge in [0.25, 0.3) is 10.0 Å². The molecule has 0 spiro atoms. The van der Waals surface area contributed by atoms with Crippen LogP contribution in [0.15, 0.2) is 112 Å². The molecule has 252 valence electrons. The van der Waals surface area contributed by atoms with Crippen LogP contribution in [0.4, 0.5) is 5.69 Å². The van der Waals surface area contributed by atoms with Crippen molar-refractivity contribution in [3.05, 3.63) is 119 Å². The molecule has 11 heteroatoms. The summed E-state index contributed by atoms with van der Waals surface area (Å²) in [5.74, 6) is -0.0387. The highest BCUT2D eigenvalue weighted by Gasteiger charge is 2.36. The Labute approximate surface area is 291 Å². The number of halogens is 1. The van der Waals surface area contributed by atoms with Crippen molar-refractivity contribution < 1.29 is 27.5 Å². The maximum Gasteiger partial charge on any atom is 0.264 e. The van der Waals surface area contributed by atoms with Crippen LogP contribution in [0.2, 0.25) is 0 Å². The van der Waals surface area contributed by atoms with Gasteiger partial charge in [-0.3, -0.25) is 13.9 Å². The number of anilines is 1. The number of carbonyl (C=O) groups excluding carboxylic acids is 2. The number of para-hydroxylation sites is 2. The van der Waals surface area contributed by atoms with Crippen molar-refractivity contribution in [2.24, 2.45) is 0 Å². The van der Waals surface area contributed by atoms with E-state index in [2.05, 4.69) is 21.2 Å². The summed E-state index contributed by atoms with van der Waals surface area (Å²) in [6, 6.07) is 28.8. The molecule has 9 nitrogen and oxygen atoms in total. The summed E-state index contributed by atoms with van der Waals surface area (Å²) in [7, 11) is -1.36. The lowest BCUT2D eigenvalue weighted by Crippen LogP contribution is -2.54. The van der Waals surface area contributed by atoms with E-state index < -0.39 is 28.5 Å². The van der Waals surface area contributed by atoms with Gasteiger partial charge in [-0.25, -0.2) is 8.42 Å². The SMILES string of the molecule is COc1ccc(S(=O)(=O)N(CC(=O)N(Cc2cccc(Br)c2)C(Cc2ccccc2)C(=O)NC2CCCC2)c2ccccc2OC)cc1. The van der Waals surface area contributed by atoms with Gasteiger partial charge in [0.2, 0.25) is 11.8 Å². The number of sulfonamides is 1. The fraction of sp³-hybridized carbons (Fsp3) is 0.297. The lowest BCUT2D eigenvalue weighted by Gasteiger charge is -2.34. The van der Waals surface area contributed by atoms with Gasteiger partial charge in [-0.1, -0.05) is 83.4 Å². The normalized spacial score (nSPS) is 13.8. The fourth-order valence-corrected chi connectivity index (χ4v) is 7.85. The number of hydrogen-bond donors (Lipinski definition) is 1. The summed E-state index contributed by atoms with van der Waals surface area (Å²) in [4.78, 5) is 30.4. The molecule has 1 unspecified atom stereocenters. The number of amides is 2. The Bertz CT molecular complexity index is 1800. The Morgan fingerprint density at radius 3 is 2.19 bits per heavy atom. The molecule has 1 aliphatic rings. The topological polar surface area (TPSA) is 105 Å². The minimum absolute atomic E-state index is 0.0270. The Hall–Kier alpha value is -4.35. The van der Waals surface area contributed by atoms with Crippen molar-refractivity contribution in [1.82, 2.24) is 10.2 Å². The molecule has 0 heterocycles. The number of ether oxygens (including phenoxy) is 2. The van der Waals surface area contributed by atoms with Crippen molar-refractivity contribution in [1.29, 1.82) is 0 Å². The first kappa shape index (κ1) is 35.0. The van der Waals surface area contributed by atoms with Crippen molar-refractivity contribution in [3.63, 3.8) is 0 Å². The van der Waals surface area contributed by atoms with Crippen LogP contribution in [0.5, 0.6) is 11.5 Å². The molecule has 5 rings (SSSR count). The van der Waals surface area contributed by atoms with E-state index in [0.717, 1.165) is 45.6 Å². The molecule has 0 radical (unpaired) electrons. The summed E-state index contributed by atoms with van der Waals surface area (Å²) in [6.07, 6.45) is 4.08. The first-order valence-corrected chi connectivity index (χ1v) is 18.1. The second-order valence-corrected chi connectivity index (χ2v) is 14.5. The van der Waals surface area contributed by atoms with E-state index in [0.29, 0.717) is 5.75 Å². The molecule has 0 aromatic heterocycles. The molecule has 0 saturated heterocycles. The third kappa shape index (κ3) is 8.56. The van der Waals surface area contributed by atoms with E-state index in [4.69, 9.17) is 9.47 Å². The molecule has 0 aliphatic heterocycles.